The van der Waals surface area contributed by atoms with E-state index < -0.39 is 0 Å². The second-order valence-electron chi connectivity index (χ2n) is 14.8. The maximum absolute atomic E-state index is 5.59. The summed E-state index contributed by atoms with van der Waals surface area (Å²) in [6.07, 6.45) is 3.03. The summed E-state index contributed by atoms with van der Waals surface area (Å²) in [4.78, 5) is 22.3. The average molecular weight is 661 g/mol. The van der Waals surface area contributed by atoms with Crippen LogP contribution in [-0.4, -0.2) is 22.8 Å². The van der Waals surface area contributed by atoms with Gasteiger partial charge in [-0.2, -0.15) is 0 Å². The molecule has 0 radical (unpaired) electrons. The van der Waals surface area contributed by atoms with E-state index in [2.05, 4.69) is 121 Å². The predicted octanol–water partition coefficient (Wildman–Crippen LogP) is 11.3. The highest BCUT2D eigenvalue weighted by Gasteiger charge is 2.34. The molecule has 8 aromatic rings. The fraction of sp³-hybridized carbons (Fsp3) is 0.0833. The summed E-state index contributed by atoms with van der Waals surface area (Å²) in [6.45, 7) is 0. The van der Waals surface area contributed by atoms with Crippen molar-refractivity contribution in [3.05, 3.63) is 166 Å². The number of aliphatic imine (C=N–C) groups is 4. The molecule has 5 heterocycles. The van der Waals surface area contributed by atoms with E-state index >= 15 is 0 Å². The Morgan fingerprint density at radius 3 is 0.769 bits per heavy atom. The summed E-state index contributed by atoms with van der Waals surface area (Å²) in [5.41, 5.74) is 18.2. The Labute approximate surface area is 299 Å². The van der Waals surface area contributed by atoms with Crippen molar-refractivity contribution < 1.29 is 0 Å². The van der Waals surface area contributed by atoms with Crippen LogP contribution in [0.5, 0.6) is 0 Å². The maximum atomic E-state index is 5.59. The van der Waals surface area contributed by atoms with Crippen LogP contribution in [0, 0.1) is 0 Å². The van der Waals surface area contributed by atoms with Crippen LogP contribution in [0.4, 0.5) is 22.7 Å². The van der Waals surface area contributed by atoms with Crippen molar-refractivity contribution in [3.8, 4) is 0 Å². The zero-order valence-electron chi connectivity index (χ0n) is 28.2. The predicted molar refractivity (Wildman–Crippen MR) is 215 cm³/mol. The molecule has 0 saturated carbocycles. The third kappa shape index (κ3) is 3.51. The van der Waals surface area contributed by atoms with Crippen molar-refractivity contribution in [2.24, 2.45) is 20.0 Å². The molecule has 8 aromatic carbocycles. The molecule has 0 amide bonds. The summed E-state index contributed by atoms with van der Waals surface area (Å²) < 4.78 is 0. The summed E-state index contributed by atoms with van der Waals surface area (Å²) >= 11 is 0. The van der Waals surface area contributed by atoms with Crippen LogP contribution in [0.2, 0.25) is 0 Å². The van der Waals surface area contributed by atoms with Crippen molar-refractivity contribution in [1.29, 1.82) is 0 Å². The van der Waals surface area contributed by atoms with E-state index in [0.29, 0.717) is 0 Å². The summed E-state index contributed by atoms with van der Waals surface area (Å²) in [7, 11) is 0. The minimum absolute atomic E-state index is 0.756. The number of rotatable bonds is 0. The van der Waals surface area contributed by atoms with Crippen LogP contribution in [0.1, 0.15) is 44.5 Å². The average Bonchev–Trinajstić information content (AvgIpc) is 4.01. The van der Waals surface area contributed by atoms with E-state index in [1.54, 1.807) is 0 Å². The maximum Gasteiger partial charge on any atom is 0.0766 e. The second kappa shape index (κ2) is 9.62. The van der Waals surface area contributed by atoms with Gasteiger partial charge in [-0.15, -0.1) is 0 Å². The van der Waals surface area contributed by atoms with E-state index in [0.717, 1.165) is 93.5 Å². The van der Waals surface area contributed by atoms with Gasteiger partial charge >= 0.3 is 0 Å². The highest BCUT2D eigenvalue weighted by Crippen LogP contribution is 2.49. The first-order chi connectivity index (χ1) is 25.7. The number of benzene rings is 8. The van der Waals surface area contributed by atoms with Crippen molar-refractivity contribution in [3.63, 3.8) is 0 Å². The van der Waals surface area contributed by atoms with Gasteiger partial charge in [-0.3, -0.25) is 20.0 Å². The molecule has 5 aliphatic rings. The van der Waals surface area contributed by atoms with Crippen LogP contribution in [0.25, 0.3) is 43.1 Å². The number of hydrogen-bond donors (Lipinski definition) is 0. The van der Waals surface area contributed by atoms with Crippen molar-refractivity contribution in [2.75, 3.05) is 0 Å². The lowest BCUT2D eigenvalue weighted by molar-refractivity contribution is 1.38. The van der Waals surface area contributed by atoms with E-state index in [-0.39, 0.29) is 0 Å². The van der Waals surface area contributed by atoms with Crippen LogP contribution in [0.3, 0.4) is 0 Å². The first kappa shape index (κ1) is 27.2. The Morgan fingerprint density at radius 1 is 0.288 bits per heavy atom. The van der Waals surface area contributed by atoms with Gasteiger partial charge in [0.1, 0.15) is 0 Å². The quantitative estimate of drug-likeness (QED) is 0.155. The van der Waals surface area contributed by atoms with Crippen LogP contribution in [-0.2, 0) is 25.7 Å². The van der Waals surface area contributed by atoms with E-state index in [1.165, 1.54) is 65.3 Å². The van der Waals surface area contributed by atoms with Gasteiger partial charge in [0.05, 0.1) is 45.6 Å². The minimum Gasteiger partial charge on any atom is -0.251 e. The Kier molecular flexibility index (Phi) is 5.04. The molecule has 0 aliphatic carbocycles. The van der Waals surface area contributed by atoms with Gasteiger partial charge in [0.2, 0.25) is 0 Å². The molecule has 4 heteroatoms. The molecule has 4 nitrogen and oxygen atoms in total. The van der Waals surface area contributed by atoms with Crippen LogP contribution >= 0.6 is 0 Å². The zero-order chi connectivity index (χ0) is 33.7. The first-order valence-corrected chi connectivity index (χ1v) is 18.2. The molecule has 0 N–H and O–H groups in total. The molecule has 13 rings (SSSR count). The van der Waals surface area contributed by atoms with Gasteiger partial charge in [0.25, 0.3) is 0 Å². The van der Waals surface area contributed by atoms with Crippen LogP contribution < -0.4 is 0 Å². The molecule has 0 aromatic heterocycles. The smallest absolute Gasteiger partial charge is 0.0766 e. The topological polar surface area (TPSA) is 49.4 Å². The highest BCUT2D eigenvalue weighted by molar-refractivity contribution is 6.26. The zero-order valence-corrected chi connectivity index (χ0v) is 28.2. The molecule has 240 valence electrons. The van der Waals surface area contributed by atoms with E-state index in [9.17, 15) is 0 Å². The first-order valence-electron chi connectivity index (χ1n) is 18.2. The molecule has 0 fully saturated rings. The molecular weight excluding hydrogens is 633 g/mol. The standard InChI is InChI=1S/C48H28N4/c1-5-13-29-25(9-1)17-37-41-22-34-30-14-6-2-11-27(30)19-39(46(34)49-41)43-24-36-32-16-8-4-12-28(32)20-40(48(36)52-43)44-23-35-31-15-7-3-10-26(31)18-38(47(35)51-44)42-21-33(29)45(37)50-42/h1-20H,21-24H2. The Bertz CT molecular complexity index is 2740. The van der Waals surface area contributed by atoms with Gasteiger partial charge in [-0.25, -0.2) is 0 Å². The third-order valence-corrected chi connectivity index (χ3v) is 12.1. The number of fused-ring (bicyclic) bond motifs is 12. The fourth-order valence-electron chi connectivity index (χ4n) is 9.74. The fourth-order valence-corrected chi connectivity index (χ4v) is 9.74. The van der Waals surface area contributed by atoms with Crippen molar-refractivity contribution >= 4 is 88.7 Å². The van der Waals surface area contributed by atoms with Gasteiger partial charge in [0.15, 0.2) is 0 Å². The SMILES string of the molecule is c1ccc2c3c4c(cc2c1)C1=Nc2c(cc5ccccc5c2C1)C1=Nc2c(cc5ccccc5c2C1)C1=Nc2c(cc5ccccc5c2C1)C(=N4)C3. The molecule has 5 aliphatic heterocycles. The molecule has 0 unspecified atom stereocenters. The number of hydrogen-bond acceptors (Lipinski definition) is 4. The second-order valence-corrected chi connectivity index (χ2v) is 14.8. The summed E-state index contributed by atoms with van der Waals surface area (Å²) in [6, 6.07) is 44.4. The lowest BCUT2D eigenvalue weighted by Crippen LogP contribution is -2.04. The highest BCUT2D eigenvalue weighted by atomic mass is 14.9. The van der Waals surface area contributed by atoms with E-state index in [4.69, 9.17) is 20.0 Å². The minimum atomic E-state index is 0.756. The molecular formula is C48H28N4. The Morgan fingerprint density at radius 2 is 0.519 bits per heavy atom. The Balaban J connectivity index is 1.17. The lowest BCUT2D eigenvalue weighted by atomic mass is 9.89. The molecule has 0 saturated heterocycles. The largest absolute Gasteiger partial charge is 0.251 e. The van der Waals surface area contributed by atoms with E-state index in [1.807, 2.05) is 0 Å². The lowest BCUT2D eigenvalue weighted by Gasteiger charge is -2.12. The summed E-state index contributed by atoms with van der Waals surface area (Å²) in [5, 5.41) is 9.97. The molecule has 8 bridgehead atoms. The molecule has 52 heavy (non-hydrogen) atoms. The number of nitrogens with zero attached hydrogens (tertiary/aromatic N) is 4. The Hall–Kier alpha value is -6.52. The van der Waals surface area contributed by atoms with Crippen molar-refractivity contribution in [1.82, 2.24) is 0 Å². The molecule has 0 spiro atoms. The van der Waals surface area contributed by atoms with Crippen molar-refractivity contribution in [2.45, 2.75) is 25.7 Å². The van der Waals surface area contributed by atoms with Gasteiger partial charge in [-0.05, 0) is 89.6 Å². The van der Waals surface area contributed by atoms with Gasteiger partial charge in [0, 0.05) is 47.9 Å². The van der Waals surface area contributed by atoms with Gasteiger partial charge < -0.3 is 0 Å². The van der Waals surface area contributed by atoms with Crippen LogP contribution in [0.15, 0.2) is 141 Å². The van der Waals surface area contributed by atoms with Gasteiger partial charge in [-0.1, -0.05) is 97.1 Å². The normalized spacial score (nSPS) is 15.8. The molecule has 0 atom stereocenters. The summed E-state index contributed by atoms with van der Waals surface area (Å²) in [5.74, 6) is 0. The monoisotopic (exact) mass is 660 g/mol. The third-order valence-electron chi connectivity index (χ3n) is 12.1.